The molecule has 1 rings (SSSR count). The van der Waals surface area contributed by atoms with Crippen LogP contribution in [0.2, 0.25) is 0 Å². The van der Waals surface area contributed by atoms with Gasteiger partial charge in [0.05, 0.1) is 0 Å². The van der Waals surface area contributed by atoms with Gasteiger partial charge in [-0.1, -0.05) is 0 Å². The van der Waals surface area contributed by atoms with Gasteiger partial charge in [-0.05, 0) is 13.5 Å². The Balaban J connectivity index is 1.94. The van der Waals surface area contributed by atoms with Crippen LogP contribution in [-0.4, -0.2) is 68.7 Å². The molecule has 0 bridgehead atoms. The van der Waals surface area contributed by atoms with Crippen LogP contribution in [0.25, 0.3) is 0 Å². The molecule has 1 aliphatic rings. The van der Waals surface area contributed by atoms with Crippen molar-refractivity contribution in [1.29, 1.82) is 0 Å². The highest BCUT2D eigenvalue weighted by molar-refractivity contribution is 5.74. The summed E-state index contributed by atoms with van der Waals surface area (Å²) in [6.07, 6.45) is 0.969. The van der Waals surface area contributed by atoms with Gasteiger partial charge in [-0.3, -0.25) is 4.79 Å². The van der Waals surface area contributed by atoms with Gasteiger partial charge in [0, 0.05) is 39.3 Å². The minimum absolute atomic E-state index is 0.0444. The largest absolute Gasteiger partial charge is 0.372 e. The molecule has 0 aliphatic carbocycles. The predicted octanol–water partition coefficient (Wildman–Crippen LogP) is -0.874. The van der Waals surface area contributed by atoms with Gasteiger partial charge in [0.15, 0.2) is 0 Å². The summed E-state index contributed by atoms with van der Waals surface area (Å²) in [7, 11) is 2.15. The summed E-state index contributed by atoms with van der Waals surface area (Å²) in [5.41, 5.74) is 4.95. The van der Waals surface area contributed by atoms with Gasteiger partial charge >= 0.3 is 0 Å². The minimum atomic E-state index is -0.394. The van der Waals surface area contributed by atoms with Crippen molar-refractivity contribution >= 4 is 5.91 Å². The first-order chi connectivity index (χ1) is 7.18. The summed E-state index contributed by atoms with van der Waals surface area (Å²) in [5.74, 6) is -0.394. The summed E-state index contributed by atoms with van der Waals surface area (Å²) in [6, 6.07) is 0. The molecule has 1 heterocycles. The Hall–Kier alpha value is -0.650. The number of ether oxygens (including phenoxy) is 1. The number of hydrogen-bond acceptors (Lipinski definition) is 4. The second-order valence-electron chi connectivity index (χ2n) is 4.02. The maximum Gasteiger partial charge on any atom is 0.243 e. The van der Waals surface area contributed by atoms with Crippen molar-refractivity contribution in [2.75, 3.05) is 53.0 Å². The number of amides is 1. The number of hydrogen-bond donors (Lipinski definition) is 1. The molecule has 1 amide bonds. The van der Waals surface area contributed by atoms with Crippen molar-refractivity contribution in [2.24, 2.45) is 5.73 Å². The van der Waals surface area contributed by atoms with Crippen molar-refractivity contribution in [2.45, 2.75) is 6.42 Å². The lowest BCUT2D eigenvalue weighted by Gasteiger charge is -2.32. The zero-order valence-corrected chi connectivity index (χ0v) is 9.45. The summed E-state index contributed by atoms with van der Waals surface area (Å²) in [6.45, 7) is 6.26. The molecule has 15 heavy (non-hydrogen) atoms. The topological polar surface area (TPSA) is 58.8 Å². The fraction of sp³-hybridized carbons (Fsp3) is 0.900. The van der Waals surface area contributed by atoms with Crippen molar-refractivity contribution in [3.63, 3.8) is 0 Å². The number of primary amides is 1. The molecule has 0 aromatic rings. The molecule has 1 saturated heterocycles. The van der Waals surface area contributed by atoms with E-state index in [0.717, 1.165) is 39.1 Å². The molecule has 5 heteroatoms. The van der Waals surface area contributed by atoms with E-state index in [1.54, 1.807) is 0 Å². The number of carbonyl (C=O) groups is 1. The number of rotatable bonds is 6. The Morgan fingerprint density at radius 1 is 1.33 bits per heavy atom. The Morgan fingerprint density at radius 2 is 2.00 bits per heavy atom. The number of piperazine rings is 1. The third-order valence-corrected chi connectivity index (χ3v) is 2.60. The van der Waals surface area contributed by atoms with Crippen LogP contribution in [0.3, 0.4) is 0 Å². The van der Waals surface area contributed by atoms with Crippen LogP contribution in [0.1, 0.15) is 6.42 Å². The number of nitrogens with zero attached hydrogens (tertiary/aromatic N) is 2. The zero-order chi connectivity index (χ0) is 11.1. The third-order valence-electron chi connectivity index (χ3n) is 2.60. The first-order valence-electron chi connectivity index (χ1n) is 5.45. The van der Waals surface area contributed by atoms with E-state index in [9.17, 15) is 4.79 Å². The van der Waals surface area contributed by atoms with Crippen LogP contribution in [0.4, 0.5) is 0 Å². The molecule has 5 nitrogen and oxygen atoms in total. The minimum Gasteiger partial charge on any atom is -0.372 e. The molecule has 0 aromatic heterocycles. The maximum absolute atomic E-state index is 10.4. The van der Waals surface area contributed by atoms with Crippen molar-refractivity contribution in [3.05, 3.63) is 0 Å². The molecule has 0 spiro atoms. The Kier molecular flexibility index (Phi) is 5.60. The maximum atomic E-state index is 10.4. The molecule has 0 aromatic carbocycles. The van der Waals surface area contributed by atoms with E-state index in [1.807, 2.05) is 0 Å². The van der Waals surface area contributed by atoms with Crippen molar-refractivity contribution in [3.8, 4) is 0 Å². The molecule has 2 N–H and O–H groups in total. The number of nitrogens with two attached hydrogens (primary N) is 1. The van der Waals surface area contributed by atoms with Gasteiger partial charge in [-0.15, -0.1) is 0 Å². The van der Waals surface area contributed by atoms with E-state index < -0.39 is 5.91 Å². The average Bonchev–Trinajstić information content (AvgIpc) is 2.20. The zero-order valence-electron chi connectivity index (χ0n) is 9.45. The molecule has 88 valence electrons. The Bertz CT molecular complexity index is 191. The molecule has 1 aliphatic heterocycles. The second-order valence-corrected chi connectivity index (χ2v) is 4.02. The van der Waals surface area contributed by atoms with Gasteiger partial charge in [0.1, 0.15) is 6.61 Å². The van der Waals surface area contributed by atoms with E-state index in [-0.39, 0.29) is 6.61 Å². The summed E-state index contributed by atoms with van der Waals surface area (Å²) >= 11 is 0. The molecule has 0 saturated carbocycles. The summed E-state index contributed by atoms with van der Waals surface area (Å²) in [5, 5.41) is 0. The molecule has 1 fully saturated rings. The van der Waals surface area contributed by atoms with Crippen molar-refractivity contribution < 1.29 is 9.53 Å². The molecule has 0 radical (unpaired) electrons. The fourth-order valence-electron chi connectivity index (χ4n) is 1.63. The average molecular weight is 215 g/mol. The van der Waals surface area contributed by atoms with Gasteiger partial charge in [0.25, 0.3) is 0 Å². The van der Waals surface area contributed by atoms with E-state index >= 15 is 0 Å². The summed E-state index contributed by atoms with van der Waals surface area (Å²) in [4.78, 5) is 15.1. The molecule has 0 atom stereocenters. The highest BCUT2D eigenvalue weighted by Crippen LogP contribution is 1.99. The highest BCUT2D eigenvalue weighted by atomic mass is 16.5. The van der Waals surface area contributed by atoms with Crippen molar-refractivity contribution in [1.82, 2.24) is 9.80 Å². The SMILES string of the molecule is CN1CCN(CCCOCC(N)=O)CC1. The highest BCUT2D eigenvalue weighted by Gasteiger charge is 2.12. The van der Waals surface area contributed by atoms with E-state index in [1.165, 1.54) is 0 Å². The van der Waals surface area contributed by atoms with Crippen LogP contribution in [0.15, 0.2) is 0 Å². The molecule has 0 unspecified atom stereocenters. The number of carbonyl (C=O) groups excluding carboxylic acids is 1. The molecular formula is C10H21N3O2. The number of likely N-dealkylation sites (N-methyl/N-ethyl adjacent to an activating group) is 1. The third kappa shape index (κ3) is 5.71. The van der Waals surface area contributed by atoms with E-state index in [2.05, 4.69) is 16.8 Å². The Morgan fingerprint density at radius 3 is 2.60 bits per heavy atom. The van der Waals surface area contributed by atoms with Gasteiger partial charge in [-0.25, -0.2) is 0 Å². The molecular weight excluding hydrogens is 194 g/mol. The smallest absolute Gasteiger partial charge is 0.243 e. The van der Waals surface area contributed by atoms with E-state index in [4.69, 9.17) is 10.5 Å². The van der Waals surface area contributed by atoms with Crippen LogP contribution in [0.5, 0.6) is 0 Å². The van der Waals surface area contributed by atoms with Crippen LogP contribution in [-0.2, 0) is 9.53 Å². The van der Waals surface area contributed by atoms with Gasteiger partial charge < -0.3 is 20.3 Å². The van der Waals surface area contributed by atoms with Crippen LogP contribution in [0, 0.1) is 0 Å². The lowest BCUT2D eigenvalue weighted by molar-refractivity contribution is -0.122. The van der Waals surface area contributed by atoms with Gasteiger partial charge in [-0.2, -0.15) is 0 Å². The lowest BCUT2D eigenvalue weighted by Crippen LogP contribution is -2.44. The Labute approximate surface area is 91.2 Å². The van der Waals surface area contributed by atoms with Crippen LogP contribution >= 0.6 is 0 Å². The lowest BCUT2D eigenvalue weighted by atomic mass is 10.3. The monoisotopic (exact) mass is 215 g/mol. The van der Waals surface area contributed by atoms with Gasteiger partial charge in [0.2, 0.25) is 5.91 Å². The van der Waals surface area contributed by atoms with Crippen LogP contribution < -0.4 is 5.73 Å². The first kappa shape index (κ1) is 12.4. The second kappa shape index (κ2) is 6.76. The van der Waals surface area contributed by atoms with E-state index in [0.29, 0.717) is 6.61 Å². The fourth-order valence-corrected chi connectivity index (χ4v) is 1.63. The predicted molar refractivity (Wildman–Crippen MR) is 58.6 cm³/mol. The standard InChI is InChI=1S/C10H21N3O2/c1-12-4-6-13(7-5-12)3-2-8-15-9-10(11)14/h2-9H2,1H3,(H2,11,14). The quantitative estimate of drug-likeness (QED) is 0.585. The first-order valence-corrected chi connectivity index (χ1v) is 5.45. The summed E-state index contributed by atoms with van der Waals surface area (Å²) < 4.78 is 5.10. The normalized spacial score (nSPS) is 19.3.